The van der Waals surface area contributed by atoms with Crippen LogP contribution in [-0.2, 0) is 0 Å². The smallest absolute Gasteiger partial charge is 0.259 e. The third-order valence-corrected chi connectivity index (χ3v) is 4.38. The van der Waals surface area contributed by atoms with Crippen molar-refractivity contribution in [2.45, 2.75) is 20.8 Å². The Bertz CT molecular complexity index is 1040. The maximum atomic E-state index is 14.2. The lowest BCUT2D eigenvalue weighted by Crippen LogP contribution is -2.34. The lowest BCUT2D eigenvalue weighted by molar-refractivity contribution is 0.0754. The van der Waals surface area contributed by atoms with E-state index in [4.69, 9.17) is 9.78 Å². The Morgan fingerprint density at radius 1 is 1.41 bits per heavy atom. The summed E-state index contributed by atoms with van der Waals surface area (Å²) in [4.78, 5) is 19.1. The van der Waals surface area contributed by atoms with Gasteiger partial charge in [0.15, 0.2) is 0 Å². The Morgan fingerprint density at radius 2 is 2.15 bits per heavy atom. The summed E-state index contributed by atoms with van der Waals surface area (Å²) >= 11 is 0. The number of pyridine rings is 1. The molecule has 0 radical (unpaired) electrons. The van der Waals surface area contributed by atoms with Crippen LogP contribution in [0.3, 0.4) is 0 Å². The number of hydrogen-bond acceptors (Lipinski definition) is 5. The molecule has 0 saturated carbocycles. The molecule has 7 heteroatoms. The van der Waals surface area contributed by atoms with E-state index in [-0.39, 0.29) is 23.1 Å². The summed E-state index contributed by atoms with van der Waals surface area (Å²) in [5.74, 6) is -1.01. The van der Waals surface area contributed by atoms with Crippen molar-refractivity contribution in [3.8, 4) is 17.3 Å². The quantitative estimate of drug-likeness (QED) is 0.682. The van der Waals surface area contributed by atoms with E-state index in [1.807, 2.05) is 6.92 Å². The van der Waals surface area contributed by atoms with Gasteiger partial charge in [-0.1, -0.05) is 17.3 Å². The number of nitrogens with zero attached hydrogens (tertiary/aromatic N) is 4. The van der Waals surface area contributed by atoms with Gasteiger partial charge in [-0.3, -0.25) is 4.79 Å². The number of benzene rings is 1. The van der Waals surface area contributed by atoms with Crippen molar-refractivity contribution in [1.82, 2.24) is 15.0 Å². The molecular formula is C20H19FN4O2. The van der Waals surface area contributed by atoms with Crippen molar-refractivity contribution in [1.29, 1.82) is 5.26 Å². The third-order valence-electron chi connectivity index (χ3n) is 4.38. The Kier molecular flexibility index (Phi) is 5.17. The maximum Gasteiger partial charge on any atom is 0.259 e. The molecular weight excluding hydrogens is 347 g/mol. The number of fused-ring (bicyclic) bond motifs is 1. The molecule has 0 N–H and O–H groups in total. The molecule has 3 aromatic rings. The molecule has 138 valence electrons. The van der Waals surface area contributed by atoms with Crippen LogP contribution in [-0.4, -0.2) is 34.0 Å². The van der Waals surface area contributed by atoms with Crippen molar-refractivity contribution in [2.75, 3.05) is 13.1 Å². The monoisotopic (exact) mass is 366 g/mol. The molecule has 0 bridgehead atoms. The predicted molar refractivity (Wildman–Crippen MR) is 98.3 cm³/mol. The summed E-state index contributed by atoms with van der Waals surface area (Å²) in [6.45, 7) is 6.07. The van der Waals surface area contributed by atoms with Crippen LogP contribution >= 0.6 is 0 Å². The van der Waals surface area contributed by atoms with Gasteiger partial charge < -0.3 is 9.42 Å². The predicted octanol–water partition coefficient (Wildman–Crippen LogP) is 3.96. The molecule has 1 unspecified atom stereocenters. The van der Waals surface area contributed by atoms with Crippen molar-refractivity contribution in [3.63, 3.8) is 0 Å². The Labute approximate surface area is 156 Å². The molecule has 0 fully saturated rings. The van der Waals surface area contributed by atoms with Gasteiger partial charge in [0.1, 0.15) is 5.82 Å². The Morgan fingerprint density at radius 3 is 2.81 bits per heavy atom. The molecule has 0 aliphatic carbocycles. The van der Waals surface area contributed by atoms with Crippen molar-refractivity contribution in [3.05, 3.63) is 47.4 Å². The lowest BCUT2D eigenvalue weighted by Gasteiger charge is -2.22. The molecule has 0 aliphatic heterocycles. The van der Waals surface area contributed by atoms with E-state index in [0.29, 0.717) is 35.4 Å². The summed E-state index contributed by atoms with van der Waals surface area (Å²) in [5.41, 5.74) is 1.62. The van der Waals surface area contributed by atoms with Crippen LogP contribution in [0.5, 0.6) is 0 Å². The Hall–Kier alpha value is -3.27. The van der Waals surface area contributed by atoms with Gasteiger partial charge in [-0.2, -0.15) is 5.26 Å². The topological polar surface area (TPSA) is 83.0 Å². The molecule has 1 atom stereocenters. The first-order valence-corrected chi connectivity index (χ1v) is 8.67. The highest BCUT2D eigenvalue weighted by Crippen LogP contribution is 2.29. The summed E-state index contributed by atoms with van der Waals surface area (Å²) in [6, 6.07) is 9.91. The minimum Gasteiger partial charge on any atom is -0.338 e. The van der Waals surface area contributed by atoms with Gasteiger partial charge in [0.2, 0.25) is 0 Å². The number of carbonyl (C=O) groups is 1. The fourth-order valence-corrected chi connectivity index (χ4v) is 2.97. The zero-order valence-corrected chi connectivity index (χ0v) is 15.4. The number of aromatic nitrogens is 2. The summed E-state index contributed by atoms with van der Waals surface area (Å²) in [5, 5.41) is 13.5. The van der Waals surface area contributed by atoms with E-state index in [9.17, 15) is 9.18 Å². The van der Waals surface area contributed by atoms with Crippen LogP contribution in [0.15, 0.2) is 34.9 Å². The molecule has 6 nitrogen and oxygen atoms in total. The molecule has 27 heavy (non-hydrogen) atoms. The van der Waals surface area contributed by atoms with E-state index in [0.717, 1.165) is 0 Å². The first-order valence-electron chi connectivity index (χ1n) is 8.67. The number of carbonyl (C=O) groups excluding carboxylic acids is 1. The molecule has 2 aromatic heterocycles. The van der Waals surface area contributed by atoms with Gasteiger partial charge in [-0.05, 0) is 39.0 Å². The highest BCUT2D eigenvalue weighted by atomic mass is 19.1. The Balaban J connectivity index is 2.16. The van der Waals surface area contributed by atoms with Gasteiger partial charge in [-0.25, -0.2) is 9.37 Å². The molecule has 1 amide bonds. The van der Waals surface area contributed by atoms with Crippen molar-refractivity contribution < 1.29 is 13.7 Å². The number of amides is 1. The number of aryl methyl sites for hydroxylation is 1. The second kappa shape index (κ2) is 7.54. The van der Waals surface area contributed by atoms with Crippen LogP contribution in [0.2, 0.25) is 0 Å². The fourth-order valence-electron chi connectivity index (χ4n) is 2.97. The van der Waals surface area contributed by atoms with Crippen LogP contribution in [0.1, 0.15) is 29.9 Å². The summed E-state index contributed by atoms with van der Waals surface area (Å²) in [6.07, 6.45) is 0. The van der Waals surface area contributed by atoms with E-state index < -0.39 is 5.82 Å². The molecule has 1 aromatic carbocycles. The molecule has 0 aliphatic rings. The highest BCUT2D eigenvalue weighted by molar-refractivity contribution is 6.07. The minimum absolute atomic E-state index is 0.181. The second-order valence-corrected chi connectivity index (χ2v) is 6.36. The lowest BCUT2D eigenvalue weighted by atomic mass is 10.0. The van der Waals surface area contributed by atoms with Crippen LogP contribution in [0.25, 0.3) is 22.4 Å². The van der Waals surface area contributed by atoms with Gasteiger partial charge >= 0.3 is 0 Å². The maximum absolute atomic E-state index is 14.2. The van der Waals surface area contributed by atoms with Gasteiger partial charge in [0, 0.05) is 18.7 Å². The molecule has 2 heterocycles. The normalized spacial score (nSPS) is 12.0. The number of nitriles is 1. The van der Waals surface area contributed by atoms with Crippen LogP contribution in [0, 0.1) is 30.0 Å². The first-order chi connectivity index (χ1) is 13.0. The highest BCUT2D eigenvalue weighted by Gasteiger charge is 2.24. The average molecular weight is 366 g/mol. The van der Waals surface area contributed by atoms with Crippen molar-refractivity contribution in [2.24, 2.45) is 5.92 Å². The largest absolute Gasteiger partial charge is 0.338 e. The van der Waals surface area contributed by atoms with Gasteiger partial charge in [0.05, 0.1) is 34.3 Å². The first kappa shape index (κ1) is 18.5. The standard InChI is InChI=1S/C20H19FN4O2/c1-4-25(11-12(2)10-22)20(26)15-9-17(14-7-5-6-8-16(14)21)23-19-18(15)13(3)24-27-19/h5-9,12H,4,11H2,1-3H3. The summed E-state index contributed by atoms with van der Waals surface area (Å²) in [7, 11) is 0. The van der Waals surface area contributed by atoms with E-state index >= 15 is 0 Å². The molecule has 3 rings (SSSR count). The number of halogens is 1. The van der Waals surface area contributed by atoms with Gasteiger partial charge in [0.25, 0.3) is 11.6 Å². The summed E-state index contributed by atoms with van der Waals surface area (Å²) < 4.78 is 19.5. The van der Waals surface area contributed by atoms with Crippen molar-refractivity contribution >= 4 is 17.0 Å². The second-order valence-electron chi connectivity index (χ2n) is 6.36. The average Bonchev–Trinajstić information content (AvgIpc) is 3.06. The third kappa shape index (κ3) is 3.51. The SMILES string of the molecule is CCN(CC(C)C#N)C(=O)c1cc(-c2ccccc2F)nc2onc(C)c12. The van der Waals surface area contributed by atoms with E-state index in [1.54, 1.807) is 43.0 Å². The molecule has 0 saturated heterocycles. The number of hydrogen-bond donors (Lipinski definition) is 0. The zero-order chi connectivity index (χ0) is 19.6. The van der Waals surface area contributed by atoms with Gasteiger partial charge in [-0.15, -0.1) is 0 Å². The minimum atomic E-state index is -0.440. The molecule has 0 spiro atoms. The van der Waals surface area contributed by atoms with Crippen LogP contribution < -0.4 is 0 Å². The zero-order valence-electron chi connectivity index (χ0n) is 15.4. The number of rotatable bonds is 5. The fraction of sp³-hybridized carbons (Fsp3) is 0.300. The van der Waals surface area contributed by atoms with E-state index in [1.165, 1.54) is 6.07 Å². The van der Waals surface area contributed by atoms with Crippen LogP contribution in [0.4, 0.5) is 4.39 Å². The van der Waals surface area contributed by atoms with E-state index in [2.05, 4.69) is 16.2 Å².